The van der Waals surface area contributed by atoms with E-state index in [0.717, 1.165) is 45.7 Å². The molecule has 0 radical (unpaired) electrons. The zero-order chi connectivity index (χ0) is 20.2. The van der Waals surface area contributed by atoms with E-state index in [1.54, 1.807) is 0 Å². The van der Waals surface area contributed by atoms with Crippen LogP contribution in [0.3, 0.4) is 0 Å². The molecular formula is C23H23IN4O. The summed E-state index contributed by atoms with van der Waals surface area (Å²) >= 11 is 2.22. The maximum absolute atomic E-state index is 12.8. The number of aryl methyl sites for hydroxylation is 1. The number of rotatable bonds is 4. The second-order valence-corrected chi connectivity index (χ2v) is 8.25. The van der Waals surface area contributed by atoms with E-state index in [2.05, 4.69) is 68.9 Å². The summed E-state index contributed by atoms with van der Waals surface area (Å²) in [6, 6.07) is 20.2. The lowest BCUT2D eigenvalue weighted by atomic mass is 10.1. The van der Waals surface area contributed by atoms with E-state index in [1.165, 1.54) is 5.56 Å². The van der Waals surface area contributed by atoms with Crippen LogP contribution < -0.4 is 4.90 Å². The molecular weight excluding hydrogens is 475 g/mol. The van der Waals surface area contributed by atoms with Crippen molar-refractivity contribution in [2.24, 2.45) is 0 Å². The summed E-state index contributed by atoms with van der Waals surface area (Å²) < 4.78 is 0.992. The predicted molar refractivity (Wildman–Crippen MR) is 124 cm³/mol. The average Bonchev–Trinajstić information content (AvgIpc) is 2.79. The van der Waals surface area contributed by atoms with Crippen LogP contribution in [0, 0.1) is 3.57 Å². The van der Waals surface area contributed by atoms with E-state index in [1.807, 2.05) is 41.3 Å². The fraction of sp³-hybridized carbons (Fsp3) is 0.261. The molecule has 0 atom stereocenters. The highest BCUT2D eigenvalue weighted by atomic mass is 127. The summed E-state index contributed by atoms with van der Waals surface area (Å²) in [5.74, 6) is 0.965. The molecule has 0 N–H and O–H groups in total. The maximum Gasteiger partial charge on any atom is 0.255 e. The van der Waals surface area contributed by atoms with Crippen LogP contribution in [0.4, 0.5) is 5.82 Å². The Morgan fingerprint density at radius 1 is 0.931 bits per heavy atom. The minimum absolute atomic E-state index is 0.103. The Bertz CT molecular complexity index is 981. The maximum atomic E-state index is 12.8. The first-order valence-electron chi connectivity index (χ1n) is 9.87. The summed E-state index contributed by atoms with van der Waals surface area (Å²) in [5.41, 5.74) is 4.05. The van der Waals surface area contributed by atoms with Crippen molar-refractivity contribution >= 4 is 34.3 Å². The van der Waals surface area contributed by atoms with Gasteiger partial charge in [-0.3, -0.25) is 4.79 Å². The molecule has 0 bridgehead atoms. The van der Waals surface area contributed by atoms with Crippen LogP contribution in [0.2, 0.25) is 0 Å². The zero-order valence-corrected chi connectivity index (χ0v) is 18.5. The van der Waals surface area contributed by atoms with E-state index in [0.29, 0.717) is 13.1 Å². The van der Waals surface area contributed by atoms with Crippen LogP contribution in [-0.2, 0) is 6.42 Å². The zero-order valence-electron chi connectivity index (χ0n) is 16.4. The van der Waals surface area contributed by atoms with Crippen LogP contribution in [0.5, 0.6) is 0 Å². The molecule has 1 fully saturated rings. The topological polar surface area (TPSA) is 49.3 Å². The lowest BCUT2D eigenvalue weighted by molar-refractivity contribution is 0.0745. The highest BCUT2D eigenvalue weighted by Gasteiger charge is 2.24. The Labute approximate surface area is 184 Å². The number of benzene rings is 2. The molecule has 29 heavy (non-hydrogen) atoms. The van der Waals surface area contributed by atoms with Gasteiger partial charge in [0.2, 0.25) is 0 Å². The van der Waals surface area contributed by atoms with Gasteiger partial charge in [0.25, 0.3) is 5.91 Å². The number of anilines is 1. The Hall–Kier alpha value is -2.48. The van der Waals surface area contributed by atoms with Gasteiger partial charge in [-0.25, -0.2) is 0 Å². The number of hydrogen-bond acceptors (Lipinski definition) is 4. The molecule has 148 valence electrons. The van der Waals surface area contributed by atoms with Crippen molar-refractivity contribution in [1.82, 2.24) is 15.1 Å². The van der Waals surface area contributed by atoms with E-state index < -0.39 is 0 Å². The monoisotopic (exact) mass is 498 g/mol. The third kappa shape index (κ3) is 4.42. The lowest BCUT2D eigenvalue weighted by Gasteiger charge is -2.35. The van der Waals surface area contributed by atoms with Crippen molar-refractivity contribution in [2.45, 2.75) is 13.3 Å². The molecule has 0 unspecified atom stereocenters. The van der Waals surface area contributed by atoms with Gasteiger partial charge in [-0.15, -0.1) is 10.2 Å². The van der Waals surface area contributed by atoms with Crippen molar-refractivity contribution < 1.29 is 4.79 Å². The van der Waals surface area contributed by atoms with Gasteiger partial charge in [-0.2, -0.15) is 0 Å². The first kappa shape index (κ1) is 19.8. The molecule has 0 aliphatic carbocycles. The Kier molecular flexibility index (Phi) is 6.08. The summed E-state index contributed by atoms with van der Waals surface area (Å²) in [7, 11) is 0. The van der Waals surface area contributed by atoms with Crippen molar-refractivity contribution in [1.29, 1.82) is 0 Å². The van der Waals surface area contributed by atoms with Crippen molar-refractivity contribution in [3.8, 4) is 11.3 Å². The smallest absolute Gasteiger partial charge is 0.255 e. The van der Waals surface area contributed by atoms with Gasteiger partial charge in [-0.1, -0.05) is 43.3 Å². The van der Waals surface area contributed by atoms with Crippen LogP contribution in [0.25, 0.3) is 11.3 Å². The van der Waals surface area contributed by atoms with Gasteiger partial charge in [0.05, 0.1) is 11.3 Å². The van der Waals surface area contributed by atoms with E-state index in [-0.39, 0.29) is 5.91 Å². The average molecular weight is 498 g/mol. The van der Waals surface area contributed by atoms with Gasteiger partial charge in [0.1, 0.15) is 0 Å². The normalized spacial score (nSPS) is 14.1. The van der Waals surface area contributed by atoms with Crippen LogP contribution in [0.15, 0.2) is 60.7 Å². The number of carbonyl (C=O) groups is 1. The molecule has 1 saturated heterocycles. The van der Waals surface area contributed by atoms with Gasteiger partial charge in [0.15, 0.2) is 5.82 Å². The minimum atomic E-state index is 0.103. The molecule has 3 aromatic rings. The molecule has 0 saturated carbocycles. The SMILES string of the molecule is CCc1ccc(-c2ccc(N3CCN(C(=O)c4ccccc4I)CC3)nn2)cc1. The quantitative estimate of drug-likeness (QED) is 0.505. The van der Waals surface area contributed by atoms with Gasteiger partial charge >= 0.3 is 0 Å². The van der Waals surface area contributed by atoms with Crippen LogP contribution >= 0.6 is 22.6 Å². The number of nitrogens with zero attached hydrogens (tertiary/aromatic N) is 4. The molecule has 6 heteroatoms. The third-order valence-corrected chi connectivity index (χ3v) is 6.24. The Balaban J connectivity index is 1.39. The third-order valence-electron chi connectivity index (χ3n) is 5.30. The molecule has 1 aliphatic heterocycles. The summed E-state index contributed by atoms with van der Waals surface area (Å²) in [6.45, 7) is 5.04. The predicted octanol–water partition coefficient (Wildman–Crippen LogP) is 4.27. The van der Waals surface area contributed by atoms with Crippen molar-refractivity contribution in [3.05, 3.63) is 75.4 Å². The van der Waals surface area contributed by atoms with Gasteiger partial charge in [0, 0.05) is 35.3 Å². The number of amides is 1. The molecule has 2 heterocycles. The molecule has 5 nitrogen and oxygen atoms in total. The highest BCUT2D eigenvalue weighted by Crippen LogP contribution is 2.21. The van der Waals surface area contributed by atoms with Crippen LogP contribution in [0.1, 0.15) is 22.8 Å². The second kappa shape index (κ2) is 8.90. The largest absolute Gasteiger partial charge is 0.352 e. The standard InChI is InChI=1S/C23H23IN4O/c1-2-17-7-9-18(10-8-17)21-11-12-22(26-25-21)27-13-15-28(16-14-27)23(29)19-5-3-4-6-20(19)24/h3-12H,2,13-16H2,1H3. The minimum Gasteiger partial charge on any atom is -0.352 e. The van der Waals surface area contributed by atoms with Crippen LogP contribution in [-0.4, -0.2) is 47.2 Å². The summed E-state index contributed by atoms with van der Waals surface area (Å²) in [6.07, 6.45) is 1.03. The second-order valence-electron chi connectivity index (χ2n) is 7.09. The lowest BCUT2D eigenvalue weighted by Crippen LogP contribution is -2.49. The number of carbonyl (C=O) groups excluding carboxylic acids is 1. The Morgan fingerprint density at radius 2 is 1.66 bits per heavy atom. The number of aromatic nitrogens is 2. The van der Waals surface area contributed by atoms with Gasteiger partial charge in [-0.05, 0) is 58.8 Å². The molecule has 2 aromatic carbocycles. The molecule has 4 rings (SSSR count). The van der Waals surface area contributed by atoms with E-state index in [9.17, 15) is 4.79 Å². The molecule has 0 spiro atoms. The molecule has 1 aromatic heterocycles. The number of piperazine rings is 1. The summed E-state index contributed by atoms with van der Waals surface area (Å²) in [4.78, 5) is 16.9. The fourth-order valence-corrected chi connectivity index (χ4v) is 4.12. The first-order chi connectivity index (χ1) is 14.2. The van der Waals surface area contributed by atoms with Crippen molar-refractivity contribution in [2.75, 3.05) is 31.1 Å². The van der Waals surface area contributed by atoms with E-state index in [4.69, 9.17) is 0 Å². The number of hydrogen-bond donors (Lipinski definition) is 0. The molecule has 1 amide bonds. The Morgan fingerprint density at radius 3 is 2.28 bits per heavy atom. The molecule has 1 aliphatic rings. The summed E-state index contributed by atoms with van der Waals surface area (Å²) in [5, 5.41) is 8.85. The van der Waals surface area contributed by atoms with Gasteiger partial charge < -0.3 is 9.80 Å². The highest BCUT2D eigenvalue weighted by molar-refractivity contribution is 14.1. The van der Waals surface area contributed by atoms with E-state index >= 15 is 0 Å². The first-order valence-corrected chi connectivity index (χ1v) is 11.0. The fourth-order valence-electron chi connectivity index (χ4n) is 3.50. The van der Waals surface area contributed by atoms with Crippen molar-refractivity contribution in [3.63, 3.8) is 0 Å². The number of halogens is 1.